The highest BCUT2D eigenvalue weighted by atomic mass is 28.3. The number of nitrogens with two attached hydrogens (primary N) is 1. The second-order valence-electron chi connectivity index (χ2n) is 7.39. The standard InChI is InChI=1S/C17H28N2O2Si/c1-17(2,3)15(21-22(4)5)11-19-14-8-6-7-13(18)12(14)9-10-16(19)20/h6-8,15,22H,9-11,18H2,1-5H3. The number of hydrogen-bond donors (Lipinski definition) is 1. The largest absolute Gasteiger partial charge is 0.415 e. The molecular formula is C17H28N2O2Si. The van der Waals surface area contributed by atoms with Crippen molar-refractivity contribution in [3.05, 3.63) is 23.8 Å². The number of carbonyl (C=O) groups is 1. The van der Waals surface area contributed by atoms with E-state index in [1.807, 2.05) is 23.1 Å². The Bertz CT molecular complexity index is 552. The van der Waals surface area contributed by atoms with Gasteiger partial charge in [0.05, 0.1) is 12.6 Å². The van der Waals surface area contributed by atoms with Crippen LogP contribution in [-0.2, 0) is 15.6 Å². The minimum Gasteiger partial charge on any atom is -0.415 e. The van der Waals surface area contributed by atoms with E-state index in [0.717, 1.165) is 23.4 Å². The Hall–Kier alpha value is -1.33. The van der Waals surface area contributed by atoms with Gasteiger partial charge < -0.3 is 15.1 Å². The van der Waals surface area contributed by atoms with Crippen molar-refractivity contribution in [2.45, 2.75) is 52.8 Å². The first-order valence-electron chi connectivity index (χ1n) is 8.03. The van der Waals surface area contributed by atoms with Gasteiger partial charge in [-0.25, -0.2) is 0 Å². The molecule has 1 aromatic rings. The van der Waals surface area contributed by atoms with Crippen LogP contribution in [0.5, 0.6) is 0 Å². The fraction of sp³-hybridized carbons (Fsp3) is 0.588. The molecule has 1 unspecified atom stereocenters. The van der Waals surface area contributed by atoms with Gasteiger partial charge in [0.1, 0.15) is 0 Å². The maximum Gasteiger partial charge on any atom is 0.227 e. The average molecular weight is 321 g/mol. The molecule has 1 heterocycles. The van der Waals surface area contributed by atoms with Crippen molar-refractivity contribution < 1.29 is 9.22 Å². The highest BCUT2D eigenvalue weighted by Crippen LogP contribution is 2.34. The fourth-order valence-corrected chi connectivity index (χ4v) is 3.99. The average Bonchev–Trinajstić information content (AvgIpc) is 2.39. The summed E-state index contributed by atoms with van der Waals surface area (Å²) in [4.78, 5) is 14.3. The molecule has 4 nitrogen and oxygen atoms in total. The third-order valence-electron chi connectivity index (χ3n) is 4.12. The van der Waals surface area contributed by atoms with E-state index < -0.39 is 9.04 Å². The lowest BCUT2D eigenvalue weighted by Crippen LogP contribution is -2.47. The summed E-state index contributed by atoms with van der Waals surface area (Å²) in [5, 5.41) is 0. The SMILES string of the molecule is C[SiH](C)OC(CN1C(=O)CCc2c(N)cccc21)C(C)(C)C. The number of nitrogen functional groups attached to an aromatic ring is 1. The Kier molecular flexibility index (Phi) is 4.97. The molecule has 0 aliphatic carbocycles. The molecule has 2 rings (SSSR count). The van der Waals surface area contributed by atoms with Gasteiger partial charge >= 0.3 is 0 Å². The number of rotatable bonds is 4. The van der Waals surface area contributed by atoms with E-state index in [-0.39, 0.29) is 17.4 Å². The summed E-state index contributed by atoms with van der Waals surface area (Å²) in [7, 11) is -1.18. The molecule has 122 valence electrons. The van der Waals surface area contributed by atoms with Crippen LogP contribution < -0.4 is 10.6 Å². The molecule has 5 heteroatoms. The van der Waals surface area contributed by atoms with Gasteiger partial charge in [-0.15, -0.1) is 0 Å². The molecule has 0 aromatic heterocycles. The van der Waals surface area contributed by atoms with Gasteiger partial charge in [0.25, 0.3) is 0 Å². The molecule has 0 saturated heterocycles. The minimum absolute atomic E-state index is 0.00448. The van der Waals surface area contributed by atoms with Gasteiger partial charge in [-0.1, -0.05) is 26.8 Å². The lowest BCUT2D eigenvalue weighted by Gasteiger charge is -2.39. The van der Waals surface area contributed by atoms with Crippen LogP contribution in [0.1, 0.15) is 32.8 Å². The van der Waals surface area contributed by atoms with Crippen molar-refractivity contribution in [2.24, 2.45) is 5.41 Å². The van der Waals surface area contributed by atoms with Crippen molar-refractivity contribution in [2.75, 3.05) is 17.2 Å². The Balaban J connectivity index is 2.31. The number of fused-ring (bicyclic) bond motifs is 1. The van der Waals surface area contributed by atoms with Gasteiger partial charge in [0, 0.05) is 17.8 Å². The van der Waals surface area contributed by atoms with E-state index in [4.69, 9.17) is 10.2 Å². The summed E-state index contributed by atoms with van der Waals surface area (Å²) < 4.78 is 6.22. The number of anilines is 2. The van der Waals surface area contributed by atoms with E-state index in [1.54, 1.807) is 0 Å². The summed E-state index contributed by atoms with van der Waals surface area (Å²) in [5.74, 6) is 0.168. The predicted octanol–water partition coefficient (Wildman–Crippen LogP) is 2.96. The predicted molar refractivity (Wildman–Crippen MR) is 94.7 cm³/mol. The van der Waals surface area contributed by atoms with Crippen LogP contribution in [0, 0.1) is 5.41 Å². The monoisotopic (exact) mass is 320 g/mol. The van der Waals surface area contributed by atoms with Crippen LogP contribution >= 0.6 is 0 Å². The van der Waals surface area contributed by atoms with E-state index >= 15 is 0 Å². The zero-order chi connectivity index (χ0) is 16.5. The van der Waals surface area contributed by atoms with Crippen molar-refractivity contribution in [1.82, 2.24) is 0 Å². The zero-order valence-corrected chi connectivity index (χ0v) is 15.5. The number of hydrogen-bond acceptors (Lipinski definition) is 3. The molecule has 1 aliphatic rings. The Morgan fingerprint density at radius 1 is 1.32 bits per heavy atom. The minimum atomic E-state index is -1.18. The van der Waals surface area contributed by atoms with E-state index in [0.29, 0.717) is 13.0 Å². The third kappa shape index (κ3) is 3.70. The topological polar surface area (TPSA) is 55.6 Å². The highest BCUT2D eigenvalue weighted by molar-refractivity contribution is 6.48. The second kappa shape index (κ2) is 6.42. The molecule has 0 radical (unpaired) electrons. The smallest absolute Gasteiger partial charge is 0.227 e. The van der Waals surface area contributed by atoms with E-state index in [1.165, 1.54) is 0 Å². The van der Waals surface area contributed by atoms with Crippen molar-refractivity contribution >= 4 is 26.3 Å². The van der Waals surface area contributed by atoms with Crippen molar-refractivity contribution in [1.29, 1.82) is 0 Å². The molecule has 0 saturated carbocycles. The highest BCUT2D eigenvalue weighted by Gasteiger charge is 2.33. The molecule has 22 heavy (non-hydrogen) atoms. The summed E-state index contributed by atoms with van der Waals surface area (Å²) >= 11 is 0. The Labute approximate surface area is 135 Å². The van der Waals surface area contributed by atoms with E-state index in [2.05, 4.69) is 33.9 Å². The molecule has 0 fully saturated rings. The Morgan fingerprint density at radius 3 is 2.59 bits per heavy atom. The summed E-state index contributed by atoms with van der Waals surface area (Å²) in [6.07, 6.45) is 1.30. The summed E-state index contributed by atoms with van der Waals surface area (Å²) in [6, 6.07) is 5.82. The van der Waals surface area contributed by atoms with Crippen LogP contribution in [-0.4, -0.2) is 27.6 Å². The molecule has 1 atom stereocenters. The first-order chi connectivity index (χ1) is 10.2. The summed E-state index contributed by atoms with van der Waals surface area (Å²) in [6.45, 7) is 11.4. The molecule has 2 N–H and O–H groups in total. The lowest BCUT2D eigenvalue weighted by atomic mass is 9.88. The lowest BCUT2D eigenvalue weighted by molar-refractivity contribution is -0.119. The van der Waals surface area contributed by atoms with Gasteiger partial charge in [0.15, 0.2) is 9.04 Å². The van der Waals surface area contributed by atoms with Crippen LogP contribution in [0.2, 0.25) is 13.1 Å². The van der Waals surface area contributed by atoms with Gasteiger partial charge in [0.2, 0.25) is 5.91 Å². The molecule has 0 spiro atoms. The van der Waals surface area contributed by atoms with Gasteiger partial charge in [-0.2, -0.15) is 0 Å². The van der Waals surface area contributed by atoms with Crippen molar-refractivity contribution in [3.8, 4) is 0 Å². The number of amides is 1. The first-order valence-corrected chi connectivity index (χ1v) is 10.8. The number of carbonyl (C=O) groups excluding carboxylic acids is 1. The van der Waals surface area contributed by atoms with Gasteiger partial charge in [-0.3, -0.25) is 4.79 Å². The second-order valence-corrected chi connectivity index (χ2v) is 9.76. The maximum atomic E-state index is 12.5. The van der Waals surface area contributed by atoms with Crippen LogP contribution in [0.4, 0.5) is 11.4 Å². The molecule has 0 bridgehead atoms. The van der Waals surface area contributed by atoms with Crippen LogP contribution in [0.15, 0.2) is 18.2 Å². The third-order valence-corrected chi connectivity index (χ3v) is 4.99. The molecule has 1 amide bonds. The fourth-order valence-electron chi connectivity index (χ4n) is 2.83. The quantitative estimate of drug-likeness (QED) is 0.685. The zero-order valence-electron chi connectivity index (χ0n) is 14.3. The van der Waals surface area contributed by atoms with E-state index in [9.17, 15) is 4.79 Å². The molecule has 1 aromatic carbocycles. The number of benzene rings is 1. The first kappa shape index (κ1) is 17.0. The molecule has 1 aliphatic heterocycles. The maximum absolute atomic E-state index is 12.5. The van der Waals surface area contributed by atoms with Crippen LogP contribution in [0.25, 0.3) is 0 Å². The molecular weight excluding hydrogens is 292 g/mol. The normalized spacial score (nSPS) is 16.8. The Morgan fingerprint density at radius 2 is 2.00 bits per heavy atom. The van der Waals surface area contributed by atoms with Crippen molar-refractivity contribution in [3.63, 3.8) is 0 Å². The number of nitrogens with zero attached hydrogens (tertiary/aromatic N) is 1. The summed E-state index contributed by atoms with van der Waals surface area (Å²) in [5.41, 5.74) is 8.91. The van der Waals surface area contributed by atoms with Gasteiger partial charge in [-0.05, 0) is 42.6 Å². The van der Waals surface area contributed by atoms with Crippen LogP contribution in [0.3, 0.4) is 0 Å².